The summed E-state index contributed by atoms with van der Waals surface area (Å²) in [5.74, 6) is 0. The first-order chi connectivity index (χ1) is 9.16. The fourth-order valence-corrected chi connectivity index (χ4v) is 4.45. The van der Waals surface area contributed by atoms with E-state index in [1.165, 1.54) is 71.0 Å². The summed E-state index contributed by atoms with van der Waals surface area (Å²) in [5.41, 5.74) is 6.78. The minimum atomic E-state index is 0.114. The van der Waals surface area contributed by atoms with Crippen LogP contribution in [0.15, 0.2) is 0 Å². The van der Waals surface area contributed by atoms with Gasteiger partial charge in [-0.15, -0.1) is 0 Å². The first-order valence-corrected chi connectivity index (χ1v) is 8.43. The lowest BCUT2D eigenvalue weighted by Gasteiger charge is -2.50. The quantitative estimate of drug-likeness (QED) is 0.831. The molecule has 3 rings (SSSR count). The lowest BCUT2D eigenvalue weighted by atomic mass is 9.81. The molecule has 2 saturated heterocycles. The molecule has 3 nitrogen and oxygen atoms in total. The lowest BCUT2D eigenvalue weighted by molar-refractivity contribution is 0.000806. The van der Waals surface area contributed by atoms with Crippen molar-refractivity contribution in [1.82, 2.24) is 9.80 Å². The van der Waals surface area contributed by atoms with Gasteiger partial charge in [0.15, 0.2) is 0 Å². The number of hydrogen-bond donors (Lipinski definition) is 1. The first-order valence-electron chi connectivity index (χ1n) is 8.43. The van der Waals surface area contributed by atoms with Gasteiger partial charge in [-0.3, -0.25) is 9.80 Å². The van der Waals surface area contributed by atoms with Crippen LogP contribution in [-0.2, 0) is 0 Å². The number of piperazine rings is 1. The van der Waals surface area contributed by atoms with E-state index in [0.29, 0.717) is 6.04 Å². The third-order valence-electron chi connectivity index (χ3n) is 5.68. The maximum atomic E-state index is 6.66. The molecule has 1 aliphatic carbocycles. The molecule has 2 N–H and O–H groups in total. The van der Waals surface area contributed by atoms with Crippen LogP contribution in [0.3, 0.4) is 0 Å². The largest absolute Gasteiger partial charge is 0.324 e. The summed E-state index contributed by atoms with van der Waals surface area (Å²) in [6.07, 6.45) is 10.8. The van der Waals surface area contributed by atoms with E-state index in [2.05, 4.69) is 16.7 Å². The molecule has 110 valence electrons. The van der Waals surface area contributed by atoms with Gasteiger partial charge in [0.25, 0.3) is 0 Å². The summed E-state index contributed by atoms with van der Waals surface area (Å²) in [6, 6.07) is 1.51. The van der Waals surface area contributed by atoms with Gasteiger partial charge in [-0.05, 0) is 39.2 Å². The Morgan fingerprint density at radius 2 is 1.84 bits per heavy atom. The molecule has 3 aliphatic rings. The van der Waals surface area contributed by atoms with Crippen molar-refractivity contribution in [3.8, 4) is 0 Å². The molecule has 0 aromatic heterocycles. The minimum absolute atomic E-state index is 0.114. The smallest absolute Gasteiger partial charge is 0.0283 e. The summed E-state index contributed by atoms with van der Waals surface area (Å²) in [4.78, 5) is 5.44. The van der Waals surface area contributed by atoms with Gasteiger partial charge < -0.3 is 5.73 Å². The molecule has 0 aromatic carbocycles. The SMILES string of the molecule is CC1CN2CCCCC2CN1CC1(N)CCCCC1. The Balaban J connectivity index is 1.60. The molecule has 19 heavy (non-hydrogen) atoms. The predicted molar refractivity (Wildman–Crippen MR) is 80.3 cm³/mol. The number of nitrogens with zero attached hydrogens (tertiary/aromatic N) is 2. The Labute approximate surface area is 118 Å². The van der Waals surface area contributed by atoms with Crippen LogP contribution in [-0.4, -0.2) is 53.6 Å². The van der Waals surface area contributed by atoms with E-state index in [4.69, 9.17) is 5.73 Å². The van der Waals surface area contributed by atoms with Crippen LogP contribution in [0.4, 0.5) is 0 Å². The number of fused-ring (bicyclic) bond motifs is 1. The fraction of sp³-hybridized carbons (Fsp3) is 1.00. The van der Waals surface area contributed by atoms with Crippen LogP contribution in [0.25, 0.3) is 0 Å². The normalized spacial score (nSPS) is 36.9. The van der Waals surface area contributed by atoms with Crippen molar-refractivity contribution in [2.75, 3.05) is 26.2 Å². The van der Waals surface area contributed by atoms with Gasteiger partial charge in [-0.1, -0.05) is 25.7 Å². The standard InChI is InChI=1S/C16H31N3/c1-14-11-18-10-6-3-7-15(18)12-19(14)13-16(17)8-4-2-5-9-16/h14-15H,2-13,17H2,1H3. The van der Waals surface area contributed by atoms with Crippen molar-refractivity contribution in [3.63, 3.8) is 0 Å². The van der Waals surface area contributed by atoms with Crippen LogP contribution in [0.2, 0.25) is 0 Å². The second kappa shape index (κ2) is 5.71. The third kappa shape index (κ3) is 3.14. The molecule has 3 fully saturated rings. The number of nitrogens with two attached hydrogens (primary N) is 1. The van der Waals surface area contributed by atoms with Crippen molar-refractivity contribution in [1.29, 1.82) is 0 Å². The minimum Gasteiger partial charge on any atom is -0.324 e. The molecule has 3 heteroatoms. The van der Waals surface area contributed by atoms with Crippen molar-refractivity contribution < 1.29 is 0 Å². The van der Waals surface area contributed by atoms with E-state index in [1.54, 1.807) is 0 Å². The highest BCUT2D eigenvalue weighted by atomic mass is 15.3. The molecule has 2 aliphatic heterocycles. The highest BCUT2D eigenvalue weighted by Crippen LogP contribution is 2.30. The number of hydrogen-bond acceptors (Lipinski definition) is 3. The molecule has 0 bridgehead atoms. The molecule has 2 unspecified atom stereocenters. The molecule has 2 heterocycles. The zero-order valence-corrected chi connectivity index (χ0v) is 12.6. The average molecular weight is 265 g/mol. The zero-order valence-electron chi connectivity index (χ0n) is 12.6. The molecule has 0 aromatic rings. The molecule has 2 atom stereocenters. The summed E-state index contributed by atoms with van der Waals surface area (Å²) in [6.45, 7) is 7.40. The van der Waals surface area contributed by atoms with Crippen LogP contribution in [0, 0.1) is 0 Å². The van der Waals surface area contributed by atoms with E-state index in [1.807, 2.05) is 0 Å². The number of rotatable bonds is 2. The van der Waals surface area contributed by atoms with E-state index in [-0.39, 0.29) is 5.54 Å². The number of piperidine rings is 1. The Morgan fingerprint density at radius 1 is 1.05 bits per heavy atom. The van der Waals surface area contributed by atoms with Gasteiger partial charge in [0.05, 0.1) is 0 Å². The second-order valence-corrected chi connectivity index (χ2v) is 7.35. The zero-order chi connectivity index (χ0) is 13.3. The van der Waals surface area contributed by atoms with E-state index < -0.39 is 0 Å². The van der Waals surface area contributed by atoms with Crippen LogP contribution in [0.5, 0.6) is 0 Å². The van der Waals surface area contributed by atoms with Gasteiger partial charge in [-0.25, -0.2) is 0 Å². The average Bonchev–Trinajstić information content (AvgIpc) is 2.40. The monoisotopic (exact) mass is 265 g/mol. The highest BCUT2D eigenvalue weighted by Gasteiger charge is 2.37. The molecular formula is C16H31N3. The summed E-state index contributed by atoms with van der Waals surface area (Å²) >= 11 is 0. The lowest BCUT2D eigenvalue weighted by Crippen LogP contribution is -2.63. The maximum Gasteiger partial charge on any atom is 0.0283 e. The van der Waals surface area contributed by atoms with Crippen molar-refractivity contribution in [3.05, 3.63) is 0 Å². The fourth-order valence-electron chi connectivity index (χ4n) is 4.45. The summed E-state index contributed by atoms with van der Waals surface area (Å²) < 4.78 is 0. The van der Waals surface area contributed by atoms with Gasteiger partial charge in [0, 0.05) is 37.3 Å². The summed E-state index contributed by atoms with van der Waals surface area (Å²) in [7, 11) is 0. The topological polar surface area (TPSA) is 32.5 Å². The molecule has 1 saturated carbocycles. The third-order valence-corrected chi connectivity index (χ3v) is 5.68. The first kappa shape index (κ1) is 13.8. The Bertz CT molecular complexity index is 298. The van der Waals surface area contributed by atoms with Crippen LogP contribution >= 0.6 is 0 Å². The Hall–Kier alpha value is -0.120. The van der Waals surface area contributed by atoms with Crippen molar-refractivity contribution in [2.45, 2.75) is 75.9 Å². The van der Waals surface area contributed by atoms with E-state index >= 15 is 0 Å². The van der Waals surface area contributed by atoms with Crippen LogP contribution < -0.4 is 5.73 Å². The van der Waals surface area contributed by atoms with E-state index in [0.717, 1.165) is 12.6 Å². The molecule has 0 spiro atoms. The maximum absolute atomic E-state index is 6.66. The summed E-state index contributed by atoms with van der Waals surface area (Å²) in [5, 5.41) is 0. The Kier molecular flexibility index (Phi) is 4.16. The van der Waals surface area contributed by atoms with Gasteiger partial charge in [0.2, 0.25) is 0 Å². The van der Waals surface area contributed by atoms with Gasteiger partial charge in [0.1, 0.15) is 0 Å². The molecular weight excluding hydrogens is 234 g/mol. The predicted octanol–water partition coefficient (Wildman–Crippen LogP) is 2.21. The Morgan fingerprint density at radius 3 is 2.63 bits per heavy atom. The van der Waals surface area contributed by atoms with E-state index in [9.17, 15) is 0 Å². The van der Waals surface area contributed by atoms with Crippen molar-refractivity contribution >= 4 is 0 Å². The molecule has 0 amide bonds. The van der Waals surface area contributed by atoms with Gasteiger partial charge in [-0.2, -0.15) is 0 Å². The second-order valence-electron chi connectivity index (χ2n) is 7.35. The highest BCUT2D eigenvalue weighted by molar-refractivity contribution is 4.96. The molecule has 0 radical (unpaired) electrons. The van der Waals surface area contributed by atoms with Crippen molar-refractivity contribution in [2.24, 2.45) is 5.73 Å². The van der Waals surface area contributed by atoms with Crippen LogP contribution in [0.1, 0.15) is 58.3 Å². The van der Waals surface area contributed by atoms with Gasteiger partial charge >= 0.3 is 0 Å².